The van der Waals surface area contributed by atoms with Crippen molar-refractivity contribution in [2.75, 3.05) is 0 Å². The second-order valence-corrected chi connectivity index (χ2v) is 6.04. The Morgan fingerprint density at radius 1 is 1.17 bits per heavy atom. The zero-order valence-corrected chi connectivity index (χ0v) is 9.70. The summed E-state index contributed by atoms with van der Waals surface area (Å²) in [5.41, 5.74) is 1.52. The van der Waals surface area contributed by atoms with E-state index in [1.165, 1.54) is 10.9 Å². The Hall–Kier alpha value is -0.250. The van der Waals surface area contributed by atoms with Gasteiger partial charge < -0.3 is 0 Å². The summed E-state index contributed by atoms with van der Waals surface area (Å²) in [6.45, 7) is 4.53. The molecule has 0 bridgehead atoms. The maximum absolute atomic E-state index is 2.38. The first-order chi connectivity index (χ1) is 5.79. The van der Waals surface area contributed by atoms with Gasteiger partial charge in [-0.1, -0.05) is 0 Å². The third-order valence-electron chi connectivity index (χ3n) is 2.15. The fourth-order valence-corrected chi connectivity index (χ4v) is 3.86. The Morgan fingerprint density at radius 3 is 2.75 bits per heavy atom. The van der Waals surface area contributed by atoms with Crippen LogP contribution >= 0.6 is 0 Å². The zero-order valence-electron chi connectivity index (χ0n) is 7.37. The van der Waals surface area contributed by atoms with Gasteiger partial charge in [0.1, 0.15) is 0 Å². The average molecular weight is 272 g/mol. The normalized spacial score (nSPS) is 11.2. The molecule has 0 nitrogen and oxygen atoms in total. The Morgan fingerprint density at radius 2 is 2.00 bits per heavy atom. The number of hydrogen-bond acceptors (Lipinski definition) is 0. The fraction of sp³-hybridized carbons (Fsp3) is 0.273. The van der Waals surface area contributed by atoms with Crippen LogP contribution in [0.4, 0.5) is 0 Å². The van der Waals surface area contributed by atoms with Gasteiger partial charge in [-0.05, 0) is 0 Å². The second kappa shape index (κ2) is 3.24. The van der Waals surface area contributed by atoms with Crippen LogP contribution in [-0.4, -0.2) is 20.4 Å². The first-order valence-corrected chi connectivity index (χ1v) is 6.76. The van der Waals surface area contributed by atoms with Gasteiger partial charge in [0.2, 0.25) is 0 Å². The van der Waals surface area contributed by atoms with Crippen LogP contribution < -0.4 is 0 Å². The first kappa shape index (κ1) is 8.35. The molecule has 0 aliphatic rings. The number of rotatable bonds is 1. The van der Waals surface area contributed by atoms with E-state index in [0.29, 0.717) is 5.92 Å². The summed E-state index contributed by atoms with van der Waals surface area (Å²) < 4.78 is 3.99. The summed E-state index contributed by atoms with van der Waals surface area (Å²) in [6, 6.07) is 9.05. The van der Waals surface area contributed by atoms with E-state index in [2.05, 4.69) is 42.2 Å². The first-order valence-electron chi connectivity index (χ1n) is 4.25. The van der Waals surface area contributed by atoms with E-state index in [-0.39, 0.29) is 20.4 Å². The van der Waals surface area contributed by atoms with Gasteiger partial charge in [0, 0.05) is 0 Å². The van der Waals surface area contributed by atoms with Gasteiger partial charge in [-0.2, -0.15) is 0 Å². The Kier molecular flexibility index (Phi) is 2.26. The molecule has 2 rings (SSSR count). The Bertz CT molecular complexity index is 385. The number of hydrogen-bond donors (Lipinski definition) is 0. The summed E-state index contributed by atoms with van der Waals surface area (Å²) >= 11 is 0.0321. The minimum atomic E-state index is 0.0321. The van der Waals surface area contributed by atoms with E-state index in [1.54, 1.807) is 3.40 Å². The molecular formula is C11H12Te. The van der Waals surface area contributed by atoms with E-state index in [0.717, 1.165) is 0 Å². The quantitative estimate of drug-likeness (QED) is 0.700. The molecule has 0 spiro atoms. The monoisotopic (exact) mass is 274 g/mol. The molecule has 1 heteroatoms. The van der Waals surface area contributed by atoms with Crippen molar-refractivity contribution in [3.8, 4) is 0 Å². The predicted octanol–water partition coefficient (Wildman–Crippen LogP) is 3.02. The third kappa shape index (κ3) is 1.32. The summed E-state index contributed by atoms with van der Waals surface area (Å²) in [7, 11) is 0. The van der Waals surface area contributed by atoms with Crippen molar-refractivity contribution in [2.45, 2.75) is 19.8 Å². The van der Waals surface area contributed by atoms with Crippen molar-refractivity contribution < 1.29 is 0 Å². The van der Waals surface area contributed by atoms with Crippen LogP contribution in [0.2, 0.25) is 0 Å². The minimum absolute atomic E-state index is 0.0321. The average Bonchev–Trinajstić information content (AvgIpc) is 2.49. The molecule has 0 saturated carbocycles. The van der Waals surface area contributed by atoms with Gasteiger partial charge in [0.25, 0.3) is 0 Å². The molecule has 1 heterocycles. The molecule has 2 aromatic rings. The van der Waals surface area contributed by atoms with Gasteiger partial charge in [-0.25, -0.2) is 0 Å². The maximum atomic E-state index is 2.38. The van der Waals surface area contributed by atoms with Crippen molar-refractivity contribution in [2.24, 2.45) is 0 Å². The molecule has 62 valence electrons. The Balaban J connectivity index is 2.73. The van der Waals surface area contributed by atoms with Crippen LogP contribution in [-0.2, 0) is 0 Å². The second-order valence-electron chi connectivity index (χ2n) is 3.33. The molecule has 0 radical (unpaired) electrons. The summed E-state index contributed by atoms with van der Waals surface area (Å²) in [4.78, 5) is 0. The SMILES string of the molecule is CC(C)c1cccc2[te]ccc12. The van der Waals surface area contributed by atoms with Gasteiger partial charge in [0.05, 0.1) is 0 Å². The zero-order chi connectivity index (χ0) is 8.55. The van der Waals surface area contributed by atoms with Crippen molar-refractivity contribution >= 4 is 29.2 Å². The molecule has 0 unspecified atom stereocenters. The molecule has 12 heavy (non-hydrogen) atoms. The van der Waals surface area contributed by atoms with E-state index in [4.69, 9.17) is 0 Å². The van der Waals surface area contributed by atoms with E-state index >= 15 is 0 Å². The molecule has 1 aromatic heterocycles. The molecule has 0 N–H and O–H groups in total. The molecule has 1 aromatic carbocycles. The van der Waals surface area contributed by atoms with Crippen LogP contribution in [0.5, 0.6) is 0 Å². The van der Waals surface area contributed by atoms with Crippen LogP contribution in [0.15, 0.2) is 28.3 Å². The predicted molar refractivity (Wildman–Crippen MR) is 55.0 cm³/mol. The summed E-state index contributed by atoms with van der Waals surface area (Å²) in [5, 5.41) is 1.52. The van der Waals surface area contributed by atoms with Gasteiger partial charge in [0.15, 0.2) is 0 Å². The third-order valence-corrected chi connectivity index (χ3v) is 4.67. The summed E-state index contributed by atoms with van der Waals surface area (Å²) in [6.07, 6.45) is 0. The standard InChI is InChI=1S/C11H12Te/c1-8(2)9-4-3-5-11-10(9)6-7-12-11/h3-8H,1-2H3. The van der Waals surface area contributed by atoms with E-state index < -0.39 is 0 Å². The van der Waals surface area contributed by atoms with Crippen molar-refractivity contribution in [1.82, 2.24) is 0 Å². The van der Waals surface area contributed by atoms with Crippen LogP contribution in [0.3, 0.4) is 0 Å². The molecule has 0 fully saturated rings. The van der Waals surface area contributed by atoms with Crippen LogP contribution in [0, 0.1) is 0 Å². The van der Waals surface area contributed by atoms with Crippen molar-refractivity contribution in [1.29, 1.82) is 0 Å². The summed E-state index contributed by atoms with van der Waals surface area (Å²) in [5.74, 6) is 0.662. The molecule has 0 aliphatic heterocycles. The van der Waals surface area contributed by atoms with E-state index in [1.807, 2.05) is 0 Å². The van der Waals surface area contributed by atoms with Gasteiger partial charge >= 0.3 is 82.9 Å². The Labute approximate surface area is 82.8 Å². The number of benzene rings is 1. The number of fused-ring (bicyclic) bond motifs is 1. The van der Waals surface area contributed by atoms with Crippen molar-refractivity contribution in [3.05, 3.63) is 33.9 Å². The fourth-order valence-electron chi connectivity index (χ4n) is 1.52. The van der Waals surface area contributed by atoms with Gasteiger partial charge in [-0.15, -0.1) is 0 Å². The topological polar surface area (TPSA) is 0 Å². The molecule has 0 amide bonds. The molecule has 0 saturated heterocycles. The van der Waals surface area contributed by atoms with E-state index in [9.17, 15) is 0 Å². The molecule has 0 atom stereocenters. The molecule has 0 aliphatic carbocycles. The molecular weight excluding hydrogens is 260 g/mol. The van der Waals surface area contributed by atoms with Crippen LogP contribution in [0.25, 0.3) is 8.79 Å². The van der Waals surface area contributed by atoms with Crippen LogP contribution in [0.1, 0.15) is 25.3 Å². The van der Waals surface area contributed by atoms with Crippen molar-refractivity contribution in [3.63, 3.8) is 0 Å². The van der Waals surface area contributed by atoms with Gasteiger partial charge in [-0.3, -0.25) is 0 Å².